The second-order valence-electron chi connectivity index (χ2n) is 6.08. The van der Waals surface area contributed by atoms with Gasteiger partial charge in [0.1, 0.15) is 0 Å². The van der Waals surface area contributed by atoms with Gasteiger partial charge in [0.2, 0.25) is 5.91 Å². The van der Waals surface area contributed by atoms with E-state index in [0.29, 0.717) is 12.0 Å². The molecule has 0 spiro atoms. The maximum atomic E-state index is 11.9. The Morgan fingerprint density at radius 3 is 2.69 bits per heavy atom. The highest BCUT2D eigenvalue weighted by molar-refractivity contribution is 5.76. The number of piperidine rings is 1. The number of carbonyl (C=O) groups excluding carboxylic acids is 1. The van der Waals surface area contributed by atoms with Gasteiger partial charge in [-0.05, 0) is 37.1 Å². The van der Waals surface area contributed by atoms with Crippen molar-refractivity contribution in [2.45, 2.75) is 52.0 Å². The maximum Gasteiger partial charge on any atom is 0.220 e. The fourth-order valence-corrected chi connectivity index (χ4v) is 2.65. The first-order chi connectivity index (χ1) is 7.58. The van der Waals surface area contributed by atoms with Crippen molar-refractivity contribution in [2.75, 3.05) is 13.1 Å². The molecule has 0 aromatic rings. The van der Waals surface area contributed by atoms with Crippen molar-refractivity contribution in [3.63, 3.8) is 0 Å². The normalized spacial score (nSPS) is 29.5. The van der Waals surface area contributed by atoms with Crippen LogP contribution >= 0.6 is 0 Å². The zero-order valence-electron chi connectivity index (χ0n) is 10.5. The van der Waals surface area contributed by atoms with Crippen LogP contribution in [-0.4, -0.2) is 25.0 Å². The Labute approximate surface area is 98.4 Å². The monoisotopic (exact) mass is 224 g/mol. The minimum Gasteiger partial charge on any atom is -0.353 e. The van der Waals surface area contributed by atoms with Gasteiger partial charge >= 0.3 is 0 Å². The predicted molar refractivity (Wildman–Crippen MR) is 65.2 cm³/mol. The topological polar surface area (TPSA) is 41.1 Å². The highest BCUT2D eigenvalue weighted by Gasteiger charge is 2.33. The first-order valence-electron chi connectivity index (χ1n) is 6.58. The summed E-state index contributed by atoms with van der Waals surface area (Å²) < 4.78 is 0. The Kier molecular flexibility index (Phi) is 3.53. The molecule has 1 aliphatic heterocycles. The van der Waals surface area contributed by atoms with Crippen molar-refractivity contribution in [2.24, 2.45) is 11.3 Å². The van der Waals surface area contributed by atoms with Crippen LogP contribution in [0.1, 0.15) is 46.0 Å². The van der Waals surface area contributed by atoms with Crippen molar-refractivity contribution in [3.05, 3.63) is 0 Å². The molecular weight excluding hydrogens is 200 g/mol. The molecule has 1 heterocycles. The smallest absolute Gasteiger partial charge is 0.220 e. The highest BCUT2D eigenvalue weighted by atomic mass is 16.1. The number of hydrogen-bond donors (Lipinski definition) is 2. The van der Waals surface area contributed by atoms with Crippen LogP contribution in [0.3, 0.4) is 0 Å². The van der Waals surface area contributed by atoms with Crippen LogP contribution in [0.4, 0.5) is 0 Å². The molecule has 3 nitrogen and oxygen atoms in total. The maximum absolute atomic E-state index is 11.9. The van der Waals surface area contributed by atoms with E-state index in [1.807, 2.05) is 0 Å². The van der Waals surface area contributed by atoms with Gasteiger partial charge in [-0.3, -0.25) is 4.79 Å². The Bertz CT molecular complexity index is 259. The molecule has 2 rings (SSSR count). The molecule has 2 N–H and O–H groups in total. The molecule has 0 aromatic carbocycles. The Balaban J connectivity index is 1.80. The summed E-state index contributed by atoms with van der Waals surface area (Å²) in [5.74, 6) is 0.939. The minimum atomic E-state index is 0.188. The van der Waals surface area contributed by atoms with Crippen molar-refractivity contribution < 1.29 is 4.79 Å². The van der Waals surface area contributed by atoms with E-state index < -0.39 is 0 Å². The third-order valence-electron chi connectivity index (χ3n) is 4.17. The van der Waals surface area contributed by atoms with E-state index >= 15 is 0 Å². The van der Waals surface area contributed by atoms with Gasteiger partial charge in [-0.2, -0.15) is 0 Å². The molecule has 2 fully saturated rings. The van der Waals surface area contributed by atoms with E-state index in [1.165, 1.54) is 19.3 Å². The molecule has 1 saturated heterocycles. The highest BCUT2D eigenvalue weighted by Crippen LogP contribution is 2.30. The summed E-state index contributed by atoms with van der Waals surface area (Å²) in [5, 5.41) is 6.62. The van der Waals surface area contributed by atoms with Gasteiger partial charge in [0.15, 0.2) is 0 Å². The van der Waals surface area contributed by atoms with E-state index in [9.17, 15) is 4.79 Å². The number of rotatable bonds is 3. The Morgan fingerprint density at radius 2 is 2.12 bits per heavy atom. The van der Waals surface area contributed by atoms with E-state index in [-0.39, 0.29) is 11.3 Å². The van der Waals surface area contributed by atoms with E-state index in [1.54, 1.807) is 0 Å². The van der Waals surface area contributed by atoms with Crippen molar-refractivity contribution >= 4 is 5.91 Å². The molecule has 1 amide bonds. The molecule has 0 aromatic heterocycles. The summed E-state index contributed by atoms with van der Waals surface area (Å²) in [4.78, 5) is 11.9. The largest absolute Gasteiger partial charge is 0.353 e. The third kappa shape index (κ3) is 2.76. The second kappa shape index (κ2) is 4.74. The summed E-state index contributed by atoms with van der Waals surface area (Å²) in [6, 6.07) is 0.348. The third-order valence-corrected chi connectivity index (χ3v) is 4.17. The lowest BCUT2D eigenvalue weighted by molar-refractivity contribution is -0.124. The van der Waals surface area contributed by atoms with Crippen molar-refractivity contribution in [1.82, 2.24) is 10.6 Å². The zero-order valence-corrected chi connectivity index (χ0v) is 10.5. The molecule has 0 bridgehead atoms. The van der Waals surface area contributed by atoms with E-state index in [0.717, 1.165) is 25.9 Å². The molecule has 1 unspecified atom stereocenters. The van der Waals surface area contributed by atoms with Crippen LogP contribution in [0.25, 0.3) is 0 Å². The predicted octanol–water partition coefficient (Wildman–Crippen LogP) is 1.68. The average molecular weight is 224 g/mol. The fraction of sp³-hybridized carbons (Fsp3) is 0.923. The summed E-state index contributed by atoms with van der Waals surface area (Å²) >= 11 is 0. The molecule has 2 aliphatic rings. The minimum absolute atomic E-state index is 0.188. The standard InChI is InChI=1S/C13H24N2O/c1-13(2)9-14-7-6-11(13)15-12(16)8-10-4-3-5-10/h10-11,14H,3-9H2,1-2H3,(H,15,16). The Morgan fingerprint density at radius 1 is 1.38 bits per heavy atom. The summed E-state index contributed by atoms with van der Waals surface area (Å²) in [5.41, 5.74) is 0.188. The molecule has 92 valence electrons. The molecule has 3 heteroatoms. The lowest BCUT2D eigenvalue weighted by atomic mass is 9.79. The first-order valence-corrected chi connectivity index (χ1v) is 6.58. The van der Waals surface area contributed by atoms with Gasteiger partial charge in [0, 0.05) is 19.0 Å². The van der Waals surface area contributed by atoms with Crippen LogP contribution in [0.5, 0.6) is 0 Å². The molecule has 1 saturated carbocycles. The quantitative estimate of drug-likeness (QED) is 0.766. The fourth-order valence-electron chi connectivity index (χ4n) is 2.65. The lowest BCUT2D eigenvalue weighted by Gasteiger charge is -2.39. The van der Waals surface area contributed by atoms with Crippen LogP contribution in [0, 0.1) is 11.3 Å². The molecule has 0 radical (unpaired) electrons. The molecular formula is C13H24N2O. The number of hydrogen-bond acceptors (Lipinski definition) is 2. The SMILES string of the molecule is CC1(C)CNCCC1NC(=O)CC1CCC1. The molecule has 1 aliphatic carbocycles. The van der Waals surface area contributed by atoms with Crippen LogP contribution in [-0.2, 0) is 4.79 Å². The molecule has 16 heavy (non-hydrogen) atoms. The average Bonchev–Trinajstić information content (AvgIpc) is 2.15. The van der Waals surface area contributed by atoms with Crippen LogP contribution in [0.15, 0.2) is 0 Å². The first kappa shape index (κ1) is 11.9. The molecule has 1 atom stereocenters. The Hall–Kier alpha value is -0.570. The summed E-state index contributed by atoms with van der Waals surface area (Å²) in [6.07, 6.45) is 5.63. The van der Waals surface area contributed by atoms with Crippen LogP contribution in [0.2, 0.25) is 0 Å². The van der Waals surface area contributed by atoms with Gasteiger partial charge in [0.25, 0.3) is 0 Å². The van der Waals surface area contributed by atoms with Gasteiger partial charge in [-0.1, -0.05) is 20.3 Å². The van der Waals surface area contributed by atoms with Gasteiger partial charge in [-0.25, -0.2) is 0 Å². The summed E-state index contributed by atoms with van der Waals surface area (Å²) in [6.45, 7) is 6.49. The van der Waals surface area contributed by atoms with Crippen LogP contribution < -0.4 is 10.6 Å². The number of nitrogens with one attached hydrogen (secondary N) is 2. The number of carbonyl (C=O) groups is 1. The van der Waals surface area contributed by atoms with Crippen molar-refractivity contribution in [1.29, 1.82) is 0 Å². The number of amides is 1. The summed E-state index contributed by atoms with van der Waals surface area (Å²) in [7, 11) is 0. The zero-order chi connectivity index (χ0) is 11.6. The van der Waals surface area contributed by atoms with Gasteiger partial charge < -0.3 is 10.6 Å². The second-order valence-corrected chi connectivity index (χ2v) is 6.08. The van der Waals surface area contributed by atoms with E-state index in [2.05, 4.69) is 24.5 Å². The lowest BCUT2D eigenvalue weighted by Crippen LogP contribution is -2.54. The van der Waals surface area contributed by atoms with E-state index in [4.69, 9.17) is 0 Å². The van der Waals surface area contributed by atoms with Gasteiger partial charge in [-0.15, -0.1) is 0 Å². The van der Waals surface area contributed by atoms with Gasteiger partial charge in [0.05, 0.1) is 0 Å². The van der Waals surface area contributed by atoms with Crippen molar-refractivity contribution in [3.8, 4) is 0 Å².